The van der Waals surface area contributed by atoms with E-state index in [2.05, 4.69) is 20.1 Å². The molecule has 0 radical (unpaired) electrons. The molecule has 1 N–H and O–H groups in total. The molecule has 1 amide bonds. The summed E-state index contributed by atoms with van der Waals surface area (Å²) in [5, 5.41) is 6.84. The number of hydrogen-bond acceptors (Lipinski definition) is 4. The van der Waals surface area contributed by atoms with Gasteiger partial charge in [0, 0.05) is 17.1 Å². The maximum Gasteiger partial charge on any atom is 0.387 e. The molecule has 9 heteroatoms. The van der Waals surface area contributed by atoms with Crippen LogP contribution < -0.4 is 10.1 Å². The van der Waals surface area contributed by atoms with Crippen LogP contribution in [0.3, 0.4) is 0 Å². The van der Waals surface area contributed by atoms with Gasteiger partial charge in [-0.2, -0.15) is 13.9 Å². The molecule has 0 saturated heterocycles. The number of carbonyl (C=O) groups is 1. The number of carbonyl (C=O) groups excluding carboxylic acids is 1. The summed E-state index contributed by atoms with van der Waals surface area (Å²) < 4.78 is 30.5. The summed E-state index contributed by atoms with van der Waals surface area (Å²) >= 11 is 5.83. The smallest absolute Gasteiger partial charge is 0.387 e. The Morgan fingerprint density at radius 3 is 2.91 bits per heavy atom. The Morgan fingerprint density at radius 1 is 1.50 bits per heavy atom. The van der Waals surface area contributed by atoms with Gasteiger partial charge in [-0.15, -0.1) is 0 Å². The van der Waals surface area contributed by atoms with Crippen molar-refractivity contribution in [3.63, 3.8) is 0 Å². The molecular formula is C13H13ClF2N4O2. The molecule has 0 aliphatic rings. The SMILES string of the molecule is C[C@H](C(=O)NCc1cc(Cl)ccc1OC(F)F)n1cncn1. The van der Waals surface area contributed by atoms with Crippen LogP contribution in [0.4, 0.5) is 8.78 Å². The van der Waals surface area contributed by atoms with Crippen molar-refractivity contribution in [2.45, 2.75) is 26.1 Å². The lowest BCUT2D eigenvalue weighted by Gasteiger charge is -2.14. The van der Waals surface area contributed by atoms with Crippen molar-refractivity contribution in [2.24, 2.45) is 0 Å². The lowest BCUT2D eigenvalue weighted by Crippen LogP contribution is -2.31. The van der Waals surface area contributed by atoms with Crippen LogP contribution in [0.15, 0.2) is 30.9 Å². The highest BCUT2D eigenvalue weighted by Crippen LogP contribution is 2.24. The average Bonchev–Trinajstić information content (AvgIpc) is 3.00. The molecular weight excluding hydrogens is 318 g/mol. The van der Waals surface area contributed by atoms with E-state index in [0.29, 0.717) is 10.6 Å². The second-order valence-electron chi connectivity index (χ2n) is 4.40. The van der Waals surface area contributed by atoms with Gasteiger partial charge < -0.3 is 10.1 Å². The predicted octanol–water partition coefficient (Wildman–Crippen LogP) is 2.41. The van der Waals surface area contributed by atoms with E-state index in [1.165, 1.54) is 35.5 Å². The monoisotopic (exact) mass is 330 g/mol. The van der Waals surface area contributed by atoms with Gasteiger partial charge in [-0.1, -0.05) is 11.6 Å². The van der Waals surface area contributed by atoms with Crippen molar-refractivity contribution in [3.05, 3.63) is 41.4 Å². The molecule has 118 valence electrons. The Balaban J connectivity index is 2.04. The molecule has 1 atom stereocenters. The minimum atomic E-state index is -2.95. The zero-order valence-corrected chi connectivity index (χ0v) is 12.3. The standard InChI is InChI=1S/C13H13ClF2N4O2/c1-8(20-7-17-6-19-20)12(21)18-5-9-4-10(14)2-3-11(9)22-13(15)16/h2-4,6-8,13H,5H2,1H3,(H,18,21)/t8-/m1/s1. The van der Waals surface area contributed by atoms with E-state index in [0.717, 1.165) is 0 Å². The van der Waals surface area contributed by atoms with Gasteiger partial charge in [0.15, 0.2) is 0 Å². The highest BCUT2D eigenvalue weighted by Gasteiger charge is 2.16. The van der Waals surface area contributed by atoms with Crippen LogP contribution in [0.5, 0.6) is 5.75 Å². The molecule has 0 bridgehead atoms. The molecule has 2 aromatic rings. The second-order valence-corrected chi connectivity index (χ2v) is 4.84. The molecule has 0 fully saturated rings. The summed E-state index contributed by atoms with van der Waals surface area (Å²) in [6, 6.07) is 3.64. The first-order chi connectivity index (χ1) is 10.5. The van der Waals surface area contributed by atoms with Crippen molar-refractivity contribution < 1.29 is 18.3 Å². The molecule has 1 aromatic carbocycles. The van der Waals surface area contributed by atoms with E-state index < -0.39 is 12.7 Å². The number of halogens is 3. The zero-order valence-electron chi connectivity index (χ0n) is 11.5. The molecule has 0 aliphatic heterocycles. The molecule has 0 saturated carbocycles. The number of alkyl halides is 2. The number of hydrogen-bond donors (Lipinski definition) is 1. The van der Waals surface area contributed by atoms with Gasteiger partial charge in [-0.3, -0.25) is 4.79 Å². The molecule has 0 unspecified atom stereocenters. The summed E-state index contributed by atoms with van der Waals surface area (Å²) in [4.78, 5) is 15.8. The molecule has 1 aromatic heterocycles. The van der Waals surface area contributed by atoms with Crippen LogP contribution in [0.1, 0.15) is 18.5 Å². The van der Waals surface area contributed by atoms with E-state index in [4.69, 9.17) is 11.6 Å². The normalized spacial score (nSPS) is 12.2. The van der Waals surface area contributed by atoms with Crippen LogP contribution in [0.2, 0.25) is 5.02 Å². The van der Waals surface area contributed by atoms with E-state index in [1.54, 1.807) is 6.92 Å². The van der Waals surface area contributed by atoms with Gasteiger partial charge in [-0.05, 0) is 25.1 Å². The average molecular weight is 331 g/mol. The summed E-state index contributed by atoms with van der Waals surface area (Å²) in [5.41, 5.74) is 0.354. The number of aromatic nitrogens is 3. The summed E-state index contributed by atoms with van der Waals surface area (Å²) in [7, 11) is 0. The fourth-order valence-electron chi connectivity index (χ4n) is 1.76. The van der Waals surface area contributed by atoms with E-state index in [9.17, 15) is 13.6 Å². The highest BCUT2D eigenvalue weighted by atomic mass is 35.5. The van der Waals surface area contributed by atoms with Crippen molar-refractivity contribution >= 4 is 17.5 Å². The maximum absolute atomic E-state index is 12.4. The van der Waals surface area contributed by atoms with Gasteiger partial charge in [-0.25, -0.2) is 9.67 Å². The quantitative estimate of drug-likeness (QED) is 0.883. The number of nitrogens with one attached hydrogen (secondary N) is 1. The first kappa shape index (κ1) is 16.2. The molecule has 0 spiro atoms. The molecule has 2 rings (SSSR count). The highest BCUT2D eigenvalue weighted by molar-refractivity contribution is 6.30. The second kappa shape index (κ2) is 7.17. The fraction of sp³-hybridized carbons (Fsp3) is 0.308. The van der Waals surface area contributed by atoms with Crippen LogP contribution in [-0.4, -0.2) is 27.3 Å². The van der Waals surface area contributed by atoms with Crippen LogP contribution in [-0.2, 0) is 11.3 Å². The number of ether oxygens (including phenoxy) is 1. The van der Waals surface area contributed by atoms with E-state index in [-0.39, 0.29) is 18.2 Å². The minimum absolute atomic E-state index is 0.000480. The molecule has 1 heterocycles. The van der Waals surface area contributed by atoms with Gasteiger partial charge in [0.1, 0.15) is 24.4 Å². The molecule has 22 heavy (non-hydrogen) atoms. The number of amides is 1. The predicted molar refractivity (Wildman–Crippen MR) is 74.7 cm³/mol. The first-order valence-corrected chi connectivity index (χ1v) is 6.70. The van der Waals surface area contributed by atoms with Gasteiger partial charge >= 0.3 is 6.61 Å². The molecule has 0 aliphatic carbocycles. The number of rotatable bonds is 6. The Morgan fingerprint density at radius 2 is 2.27 bits per heavy atom. The first-order valence-electron chi connectivity index (χ1n) is 6.32. The minimum Gasteiger partial charge on any atom is -0.434 e. The van der Waals surface area contributed by atoms with Crippen molar-refractivity contribution in [2.75, 3.05) is 0 Å². The fourth-order valence-corrected chi connectivity index (χ4v) is 1.96. The number of nitrogens with zero attached hydrogens (tertiary/aromatic N) is 3. The Kier molecular flexibility index (Phi) is 5.26. The van der Waals surface area contributed by atoms with E-state index >= 15 is 0 Å². The van der Waals surface area contributed by atoms with Gasteiger partial charge in [0.25, 0.3) is 0 Å². The third kappa shape index (κ3) is 4.14. The zero-order chi connectivity index (χ0) is 16.1. The van der Waals surface area contributed by atoms with E-state index in [1.807, 2.05) is 0 Å². The lowest BCUT2D eigenvalue weighted by molar-refractivity contribution is -0.124. The Hall–Kier alpha value is -2.22. The Bertz CT molecular complexity index is 637. The largest absolute Gasteiger partial charge is 0.434 e. The topological polar surface area (TPSA) is 69.0 Å². The number of benzene rings is 1. The summed E-state index contributed by atoms with van der Waals surface area (Å²) in [6.07, 6.45) is 2.73. The summed E-state index contributed by atoms with van der Waals surface area (Å²) in [6.45, 7) is -1.32. The molecule has 6 nitrogen and oxygen atoms in total. The third-order valence-electron chi connectivity index (χ3n) is 2.90. The summed E-state index contributed by atoms with van der Waals surface area (Å²) in [5.74, 6) is -0.374. The lowest BCUT2D eigenvalue weighted by atomic mass is 10.2. The maximum atomic E-state index is 12.4. The van der Waals surface area contributed by atoms with Gasteiger partial charge in [0.05, 0.1) is 0 Å². The van der Waals surface area contributed by atoms with Crippen molar-refractivity contribution in [3.8, 4) is 5.75 Å². The van der Waals surface area contributed by atoms with Crippen LogP contribution in [0.25, 0.3) is 0 Å². The van der Waals surface area contributed by atoms with Gasteiger partial charge in [0.2, 0.25) is 5.91 Å². The van der Waals surface area contributed by atoms with Crippen molar-refractivity contribution in [1.82, 2.24) is 20.1 Å². The van der Waals surface area contributed by atoms with Crippen LogP contribution >= 0.6 is 11.6 Å². The Labute approximate surface area is 130 Å². The van der Waals surface area contributed by atoms with Crippen molar-refractivity contribution in [1.29, 1.82) is 0 Å². The third-order valence-corrected chi connectivity index (χ3v) is 3.14. The van der Waals surface area contributed by atoms with Crippen LogP contribution in [0, 0.1) is 0 Å².